The van der Waals surface area contributed by atoms with E-state index in [4.69, 9.17) is 9.84 Å². The lowest BCUT2D eigenvalue weighted by molar-refractivity contribution is -0.147. The Kier molecular flexibility index (Phi) is 4.34. The van der Waals surface area contributed by atoms with E-state index in [0.717, 1.165) is 16.5 Å². The second-order valence-electron chi connectivity index (χ2n) is 5.89. The smallest absolute Gasteiger partial charge is 0.306 e. The summed E-state index contributed by atoms with van der Waals surface area (Å²) in [4.78, 5) is 25.1. The molecule has 0 aliphatic carbocycles. The number of hydrogen-bond donors (Lipinski definition) is 1. The fourth-order valence-corrected chi connectivity index (χ4v) is 3.11. The van der Waals surface area contributed by atoms with E-state index in [9.17, 15) is 9.59 Å². The van der Waals surface area contributed by atoms with Gasteiger partial charge in [0.05, 0.1) is 25.6 Å². The highest BCUT2D eigenvalue weighted by molar-refractivity contribution is 5.89. The molecule has 122 valence electrons. The first-order valence-corrected chi connectivity index (χ1v) is 7.68. The Bertz CT molecular complexity index is 737. The number of hydrogen-bond acceptors (Lipinski definition) is 3. The maximum absolute atomic E-state index is 12.6. The number of carboxylic acid groups (broad SMARTS) is 1. The zero-order valence-corrected chi connectivity index (χ0v) is 13.1. The molecule has 1 N–H and O–H groups in total. The van der Waals surface area contributed by atoms with Crippen molar-refractivity contribution in [3.8, 4) is 0 Å². The number of fused-ring (bicyclic) bond motifs is 1. The minimum absolute atomic E-state index is 0.0139. The quantitative estimate of drug-likeness (QED) is 0.926. The molecule has 6 heteroatoms. The van der Waals surface area contributed by atoms with Crippen molar-refractivity contribution < 1.29 is 19.4 Å². The lowest BCUT2D eigenvalue weighted by Crippen LogP contribution is -2.46. The van der Waals surface area contributed by atoms with E-state index in [1.807, 2.05) is 42.1 Å². The summed E-state index contributed by atoms with van der Waals surface area (Å²) in [7, 11) is 1.97. The van der Waals surface area contributed by atoms with Gasteiger partial charge in [-0.1, -0.05) is 18.2 Å². The highest BCUT2D eigenvalue weighted by Gasteiger charge is 2.26. The lowest BCUT2D eigenvalue weighted by atomic mass is 10.1. The maximum Gasteiger partial charge on any atom is 0.306 e. The summed E-state index contributed by atoms with van der Waals surface area (Å²) < 4.78 is 7.43. The van der Waals surface area contributed by atoms with Crippen LogP contribution in [0.25, 0.3) is 10.9 Å². The molecule has 1 aliphatic heterocycles. The van der Waals surface area contributed by atoms with Gasteiger partial charge in [-0.3, -0.25) is 9.59 Å². The summed E-state index contributed by atoms with van der Waals surface area (Å²) >= 11 is 0. The van der Waals surface area contributed by atoms with Gasteiger partial charge in [-0.15, -0.1) is 0 Å². The van der Waals surface area contributed by atoms with Crippen molar-refractivity contribution in [2.75, 3.05) is 19.7 Å². The number of aromatic nitrogens is 1. The van der Waals surface area contributed by atoms with Crippen LogP contribution in [0.1, 0.15) is 12.0 Å². The van der Waals surface area contributed by atoms with E-state index < -0.39 is 12.1 Å². The van der Waals surface area contributed by atoms with Crippen molar-refractivity contribution in [2.45, 2.75) is 18.9 Å². The Morgan fingerprint density at radius 1 is 1.35 bits per heavy atom. The van der Waals surface area contributed by atoms with E-state index in [-0.39, 0.29) is 12.3 Å². The van der Waals surface area contributed by atoms with Crippen LogP contribution in [0.4, 0.5) is 0 Å². The van der Waals surface area contributed by atoms with Crippen LogP contribution in [0.3, 0.4) is 0 Å². The molecule has 6 nitrogen and oxygen atoms in total. The molecule has 23 heavy (non-hydrogen) atoms. The van der Waals surface area contributed by atoms with E-state index in [2.05, 4.69) is 0 Å². The summed E-state index contributed by atoms with van der Waals surface area (Å²) in [6.45, 7) is 1.24. The van der Waals surface area contributed by atoms with Gasteiger partial charge in [0.2, 0.25) is 5.91 Å². The van der Waals surface area contributed by atoms with Crippen LogP contribution in [-0.4, -0.2) is 52.3 Å². The largest absolute Gasteiger partial charge is 0.481 e. The molecule has 0 radical (unpaired) electrons. The van der Waals surface area contributed by atoms with Crippen molar-refractivity contribution in [3.63, 3.8) is 0 Å². The van der Waals surface area contributed by atoms with Crippen molar-refractivity contribution in [1.29, 1.82) is 0 Å². The second-order valence-corrected chi connectivity index (χ2v) is 5.89. The predicted octanol–water partition coefficient (Wildman–Crippen LogP) is 1.42. The number of amides is 1. The van der Waals surface area contributed by atoms with Gasteiger partial charge < -0.3 is 19.3 Å². The van der Waals surface area contributed by atoms with Gasteiger partial charge in [-0.25, -0.2) is 0 Å². The molecule has 1 amide bonds. The maximum atomic E-state index is 12.6. The molecular formula is C17H20N2O4. The topological polar surface area (TPSA) is 71.8 Å². The Morgan fingerprint density at radius 3 is 2.91 bits per heavy atom. The first-order valence-electron chi connectivity index (χ1n) is 7.68. The van der Waals surface area contributed by atoms with Gasteiger partial charge >= 0.3 is 5.97 Å². The SMILES string of the molecule is Cn1cc(CC(=O)N2CCO[C@H](CC(=O)O)C2)c2ccccc21. The van der Waals surface area contributed by atoms with E-state index in [1.54, 1.807) is 4.90 Å². The number of aliphatic carboxylic acids is 1. The number of aryl methyl sites for hydroxylation is 1. The van der Waals surface area contributed by atoms with Gasteiger partial charge in [0, 0.05) is 37.2 Å². The van der Waals surface area contributed by atoms with E-state index in [1.165, 1.54) is 0 Å². The summed E-state index contributed by atoms with van der Waals surface area (Å²) in [5.41, 5.74) is 2.09. The number of ether oxygens (including phenoxy) is 1. The number of benzene rings is 1. The number of carboxylic acids is 1. The summed E-state index contributed by atoms with van der Waals surface area (Å²) in [6, 6.07) is 7.99. The molecule has 3 rings (SSSR count). The summed E-state index contributed by atoms with van der Waals surface area (Å²) in [5, 5.41) is 9.94. The Labute approximate surface area is 134 Å². The van der Waals surface area contributed by atoms with Gasteiger partial charge in [0.15, 0.2) is 0 Å². The number of nitrogens with zero attached hydrogens (tertiary/aromatic N) is 2. The molecule has 1 fully saturated rings. The molecular weight excluding hydrogens is 296 g/mol. The van der Waals surface area contributed by atoms with E-state index in [0.29, 0.717) is 26.1 Å². The minimum Gasteiger partial charge on any atom is -0.481 e. The normalized spacial score (nSPS) is 18.3. The van der Waals surface area contributed by atoms with Crippen LogP contribution >= 0.6 is 0 Å². The van der Waals surface area contributed by atoms with Gasteiger partial charge in [-0.05, 0) is 11.6 Å². The fourth-order valence-electron chi connectivity index (χ4n) is 3.11. The van der Waals surface area contributed by atoms with Gasteiger partial charge in [0.25, 0.3) is 0 Å². The highest BCUT2D eigenvalue weighted by Crippen LogP contribution is 2.21. The fraction of sp³-hybridized carbons (Fsp3) is 0.412. The zero-order chi connectivity index (χ0) is 16.4. The third-order valence-electron chi connectivity index (χ3n) is 4.21. The molecule has 1 atom stereocenters. The summed E-state index contributed by atoms with van der Waals surface area (Å²) in [6.07, 6.45) is 1.81. The van der Waals surface area contributed by atoms with Gasteiger partial charge in [0.1, 0.15) is 0 Å². The standard InChI is InChI=1S/C17H20N2O4/c1-18-10-12(14-4-2-3-5-15(14)18)8-16(20)19-6-7-23-13(11-19)9-17(21)22/h2-5,10,13H,6-9,11H2,1H3,(H,21,22)/t13-/m1/s1. The molecule has 1 aromatic heterocycles. The van der Waals surface area contributed by atoms with Crippen LogP contribution in [0.5, 0.6) is 0 Å². The zero-order valence-electron chi connectivity index (χ0n) is 13.1. The monoisotopic (exact) mass is 316 g/mol. The molecule has 1 aliphatic rings. The average molecular weight is 316 g/mol. The lowest BCUT2D eigenvalue weighted by Gasteiger charge is -2.32. The van der Waals surface area contributed by atoms with Crippen molar-refractivity contribution >= 4 is 22.8 Å². The third kappa shape index (κ3) is 3.37. The van der Waals surface area contributed by atoms with Gasteiger partial charge in [-0.2, -0.15) is 0 Å². The highest BCUT2D eigenvalue weighted by atomic mass is 16.5. The van der Waals surface area contributed by atoms with E-state index >= 15 is 0 Å². The Hall–Kier alpha value is -2.34. The van der Waals surface area contributed by atoms with Crippen LogP contribution in [0, 0.1) is 0 Å². The van der Waals surface area contributed by atoms with Crippen LogP contribution in [0.2, 0.25) is 0 Å². The molecule has 1 saturated heterocycles. The Balaban J connectivity index is 1.72. The molecule has 1 aromatic carbocycles. The van der Waals surface area contributed by atoms with Crippen molar-refractivity contribution in [3.05, 3.63) is 36.0 Å². The van der Waals surface area contributed by atoms with Crippen LogP contribution in [-0.2, 0) is 27.8 Å². The first kappa shape index (κ1) is 15.6. The number of carbonyl (C=O) groups is 2. The molecule has 0 unspecified atom stereocenters. The molecule has 0 spiro atoms. The second kappa shape index (κ2) is 6.42. The first-order chi connectivity index (χ1) is 11.0. The van der Waals surface area contributed by atoms with Crippen LogP contribution < -0.4 is 0 Å². The van der Waals surface area contributed by atoms with Crippen molar-refractivity contribution in [1.82, 2.24) is 9.47 Å². The minimum atomic E-state index is -0.904. The number of rotatable bonds is 4. The predicted molar refractivity (Wildman–Crippen MR) is 85.2 cm³/mol. The molecule has 0 saturated carbocycles. The molecule has 2 heterocycles. The van der Waals surface area contributed by atoms with Crippen LogP contribution in [0.15, 0.2) is 30.5 Å². The third-order valence-corrected chi connectivity index (χ3v) is 4.21. The average Bonchev–Trinajstić information content (AvgIpc) is 2.84. The summed E-state index contributed by atoms with van der Waals surface area (Å²) in [5.74, 6) is -0.890. The number of morpholine rings is 1. The number of carbonyl (C=O) groups excluding carboxylic acids is 1. The number of para-hydroxylation sites is 1. The van der Waals surface area contributed by atoms with Crippen molar-refractivity contribution in [2.24, 2.45) is 7.05 Å². The molecule has 0 bridgehead atoms. The Morgan fingerprint density at radius 2 is 2.13 bits per heavy atom. The molecule has 2 aromatic rings.